The van der Waals surface area contributed by atoms with Gasteiger partial charge in [0.1, 0.15) is 12.1 Å². The minimum Gasteiger partial charge on any atom is -0.379 e. The molecular formula is C20H32N4O4. The van der Waals surface area contributed by atoms with Crippen molar-refractivity contribution in [3.05, 3.63) is 0 Å². The molecule has 2 saturated carbocycles. The molecular weight excluding hydrogens is 360 g/mol. The Morgan fingerprint density at radius 3 is 2.50 bits per heavy atom. The van der Waals surface area contributed by atoms with Crippen LogP contribution in [-0.2, 0) is 14.3 Å². The Bertz CT molecular complexity index is 638. The fraction of sp³-hybridized carbons (Fsp3) is 0.850. The molecule has 4 amide bonds. The van der Waals surface area contributed by atoms with Crippen molar-refractivity contribution in [1.29, 1.82) is 0 Å². The van der Waals surface area contributed by atoms with E-state index in [9.17, 15) is 14.4 Å². The van der Waals surface area contributed by atoms with E-state index in [-0.39, 0.29) is 29.8 Å². The van der Waals surface area contributed by atoms with E-state index >= 15 is 0 Å². The molecule has 0 unspecified atom stereocenters. The molecule has 2 aliphatic carbocycles. The third-order valence-corrected chi connectivity index (χ3v) is 7.08. The molecule has 2 aliphatic heterocycles. The van der Waals surface area contributed by atoms with Gasteiger partial charge in [0, 0.05) is 25.2 Å². The number of carbonyl (C=O) groups excluding carboxylic acids is 3. The molecule has 8 heteroatoms. The Hall–Kier alpha value is -1.67. The first-order chi connectivity index (χ1) is 13.4. The lowest BCUT2D eigenvalue weighted by atomic mass is 9.79. The summed E-state index contributed by atoms with van der Waals surface area (Å²) in [6.07, 6.45) is 7.60. The Kier molecular flexibility index (Phi) is 5.35. The second kappa shape index (κ2) is 7.63. The first-order valence-corrected chi connectivity index (χ1v) is 10.7. The van der Waals surface area contributed by atoms with Gasteiger partial charge in [0.25, 0.3) is 5.91 Å². The molecule has 4 aliphatic rings. The van der Waals surface area contributed by atoms with E-state index in [1.165, 1.54) is 19.3 Å². The number of nitrogens with one attached hydrogen (secondary N) is 2. The first-order valence-electron chi connectivity index (χ1n) is 10.7. The highest BCUT2D eigenvalue weighted by Crippen LogP contribution is 2.42. The zero-order valence-corrected chi connectivity index (χ0v) is 16.8. The molecule has 2 N–H and O–H groups in total. The summed E-state index contributed by atoms with van der Waals surface area (Å²) in [5, 5.41) is 5.83. The number of rotatable bonds is 6. The number of hydrogen-bond donors (Lipinski definition) is 2. The van der Waals surface area contributed by atoms with Crippen LogP contribution in [0.2, 0.25) is 0 Å². The number of carbonyl (C=O) groups is 3. The highest BCUT2D eigenvalue weighted by molar-refractivity contribution is 6.09. The lowest BCUT2D eigenvalue weighted by Gasteiger charge is -2.48. The van der Waals surface area contributed by atoms with Gasteiger partial charge in [-0.05, 0) is 38.5 Å². The van der Waals surface area contributed by atoms with Crippen molar-refractivity contribution in [2.24, 2.45) is 5.92 Å². The topological polar surface area (TPSA) is 91.0 Å². The number of ether oxygens (including phenoxy) is 1. The quantitative estimate of drug-likeness (QED) is 0.654. The van der Waals surface area contributed by atoms with Crippen LogP contribution in [0.4, 0.5) is 4.79 Å². The van der Waals surface area contributed by atoms with Crippen LogP contribution in [0, 0.1) is 5.92 Å². The second-order valence-electron chi connectivity index (χ2n) is 8.96. The van der Waals surface area contributed by atoms with Gasteiger partial charge in [-0.2, -0.15) is 0 Å². The number of hydrogen-bond acceptors (Lipinski definition) is 5. The minimum absolute atomic E-state index is 0.0303. The smallest absolute Gasteiger partial charge is 0.325 e. The molecule has 0 aromatic rings. The van der Waals surface area contributed by atoms with Gasteiger partial charge in [0.2, 0.25) is 5.91 Å². The van der Waals surface area contributed by atoms with E-state index in [4.69, 9.17) is 4.74 Å². The predicted octanol–water partition coefficient (Wildman–Crippen LogP) is 0.858. The molecule has 4 rings (SSSR count). The maximum absolute atomic E-state index is 12.7. The average molecular weight is 393 g/mol. The summed E-state index contributed by atoms with van der Waals surface area (Å²) in [7, 11) is 0. The van der Waals surface area contributed by atoms with E-state index in [1.807, 2.05) is 0 Å². The third-order valence-electron chi connectivity index (χ3n) is 7.08. The van der Waals surface area contributed by atoms with Gasteiger partial charge in [-0.3, -0.25) is 19.4 Å². The van der Waals surface area contributed by atoms with E-state index in [1.54, 1.807) is 6.92 Å². The van der Waals surface area contributed by atoms with Gasteiger partial charge in [0.05, 0.1) is 13.2 Å². The van der Waals surface area contributed by atoms with Gasteiger partial charge in [-0.15, -0.1) is 0 Å². The van der Waals surface area contributed by atoms with Crippen LogP contribution in [0.5, 0.6) is 0 Å². The Labute approximate surface area is 166 Å². The molecule has 0 aromatic heterocycles. The first kappa shape index (κ1) is 19.6. The predicted molar refractivity (Wildman–Crippen MR) is 103 cm³/mol. The summed E-state index contributed by atoms with van der Waals surface area (Å²) in [5.74, 6) is -0.332. The normalized spacial score (nSPS) is 31.0. The fourth-order valence-corrected chi connectivity index (χ4v) is 5.11. The van der Waals surface area contributed by atoms with Crippen molar-refractivity contribution in [3.8, 4) is 0 Å². The monoisotopic (exact) mass is 392 g/mol. The van der Waals surface area contributed by atoms with E-state index in [2.05, 4.69) is 15.5 Å². The van der Waals surface area contributed by atoms with E-state index < -0.39 is 11.6 Å². The number of imide groups is 1. The van der Waals surface area contributed by atoms with Gasteiger partial charge in [0.15, 0.2) is 0 Å². The molecule has 0 aromatic carbocycles. The van der Waals surface area contributed by atoms with E-state index in [0.717, 1.165) is 56.9 Å². The van der Waals surface area contributed by atoms with Crippen molar-refractivity contribution in [2.45, 2.75) is 62.9 Å². The Balaban J connectivity index is 1.36. The molecule has 28 heavy (non-hydrogen) atoms. The molecule has 2 heterocycles. The molecule has 1 atom stereocenters. The van der Waals surface area contributed by atoms with Crippen LogP contribution in [-0.4, -0.2) is 78.1 Å². The van der Waals surface area contributed by atoms with Crippen LogP contribution in [0.25, 0.3) is 0 Å². The maximum Gasteiger partial charge on any atom is 0.325 e. The molecule has 4 fully saturated rings. The highest BCUT2D eigenvalue weighted by Gasteiger charge is 2.56. The molecule has 156 valence electrons. The maximum atomic E-state index is 12.7. The summed E-state index contributed by atoms with van der Waals surface area (Å²) in [6, 6.07) is -0.449. The van der Waals surface area contributed by atoms with Crippen LogP contribution >= 0.6 is 0 Å². The molecule has 0 spiro atoms. The summed E-state index contributed by atoms with van der Waals surface area (Å²) in [4.78, 5) is 41.2. The number of urea groups is 1. The number of morpholine rings is 1. The van der Waals surface area contributed by atoms with Crippen LogP contribution < -0.4 is 10.6 Å². The standard InChI is InChI=1S/C20H32N4O4/c1-19(15-5-6-15)17(26)24(18(27)22-19)13-16(25)21-14-20(7-3-2-4-8-20)23-9-11-28-12-10-23/h15H,2-14H2,1H3,(H,21,25)(H,22,27)/t19-/m1/s1. The zero-order chi connectivity index (χ0) is 19.8. The molecule has 2 saturated heterocycles. The Morgan fingerprint density at radius 2 is 1.86 bits per heavy atom. The molecule has 0 radical (unpaired) electrons. The van der Waals surface area contributed by atoms with Gasteiger partial charge < -0.3 is 15.4 Å². The van der Waals surface area contributed by atoms with Crippen molar-refractivity contribution in [2.75, 3.05) is 39.4 Å². The van der Waals surface area contributed by atoms with Gasteiger partial charge in [-0.25, -0.2) is 4.79 Å². The summed E-state index contributed by atoms with van der Waals surface area (Å²) in [5.41, 5.74) is -0.868. The van der Waals surface area contributed by atoms with Crippen LogP contribution in [0.1, 0.15) is 51.9 Å². The summed E-state index contributed by atoms with van der Waals surface area (Å²) >= 11 is 0. The third kappa shape index (κ3) is 3.64. The molecule has 0 bridgehead atoms. The SMILES string of the molecule is C[C@]1(C2CC2)NC(=O)N(CC(=O)NCC2(N3CCOCC3)CCCCC2)C1=O. The van der Waals surface area contributed by atoms with Crippen LogP contribution in [0.3, 0.4) is 0 Å². The van der Waals surface area contributed by atoms with Crippen molar-refractivity contribution >= 4 is 17.8 Å². The zero-order valence-electron chi connectivity index (χ0n) is 16.8. The lowest BCUT2D eigenvalue weighted by Crippen LogP contribution is -2.60. The summed E-state index contributed by atoms with van der Waals surface area (Å²) in [6.45, 7) is 5.39. The Morgan fingerprint density at radius 1 is 1.18 bits per heavy atom. The minimum atomic E-state index is -0.838. The molecule has 8 nitrogen and oxygen atoms in total. The highest BCUT2D eigenvalue weighted by atomic mass is 16.5. The van der Waals surface area contributed by atoms with Crippen molar-refractivity contribution < 1.29 is 19.1 Å². The van der Waals surface area contributed by atoms with Crippen molar-refractivity contribution in [3.63, 3.8) is 0 Å². The average Bonchev–Trinajstić information content (AvgIpc) is 3.54. The largest absolute Gasteiger partial charge is 0.379 e. The number of nitrogens with zero attached hydrogens (tertiary/aromatic N) is 2. The number of amides is 4. The van der Waals surface area contributed by atoms with Gasteiger partial charge in [-0.1, -0.05) is 19.3 Å². The van der Waals surface area contributed by atoms with Crippen molar-refractivity contribution in [1.82, 2.24) is 20.4 Å². The fourth-order valence-electron chi connectivity index (χ4n) is 5.11. The van der Waals surface area contributed by atoms with Gasteiger partial charge >= 0.3 is 6.03 Å². The lowest BCUT2D eigenvalue weighted by molar-refractivity contribution is -0.135. The summed E-state index contributed by atoms with van der Waals surface area (Å²) < 4.78 is 5.50. The van der Waals surface area contributed by atoms with Crippen LogP contribution in [0.15, 0.2) is 0 Å². The van der Waals surface area contributed by atoms with E-state index in [0.29, 0.717) is 6.54 Å². The second-order valence-corrected chi connectivity index (χ2v) is 8.96.